The molecule has 0 rings (SSSR count). The molecule has 6 nitrogen and oxygen atoms in total. The van der Waals surface area contributed by atoms with Crippen molar-refractivity contribution in [1.82, 2.24) is 10.6 Å². The number of halogens is 1. The summed E-state index contributed by atoms with van der Waals surface area (Å²) >= 11 is 0. The molecular formula is C10H23ClN4O2. The van der Waals surface area contributed by atoms with Gasteiger partial charge in [-0.1, -0.05) is 13.8 Å². The Morgan fingerprint density at radius 2 is 1.76 bits per heavy atom. The molecule has 0 aliphatic rings. The van der Waals surface area contributed by atoms with Crippen LogP contribution in [0.5, 0.6) is 0 Å². The zero-order chi connectivity index (χ0) is 12.8. The summed E-state index contributed by atoms with van der Waals surface area (Å²) in [5, 5.41) is 5.00. The molecule has 0 aliphatic heterocycles. The second kappa shape index (κ2) is 8.14. The lowest BCUT2D eigenvalue weighted by Crippen LogP contribution is -2.53. The Hall–Kier alpha value is -1.01. The molecule has 0 fully saturated rings. The number of rotatable bonds is 6. The minimum Gasteiger partial charge on any atom is -0.352 e. The van der Waals surface area contributed by atoms with Gasteiger partial charge in [-0.15, -0.1) is 12.4 Å². The minimum atomic E-state index is -0.715. The number of nitrogens with two attached hydrogens (primary N) is 2. The van der Waals surface area contributed by atoms with Crippen molar-refractivity contribution in [3.63, 3.8) is 0 Å². The fourth-order valence-corrected chi connectivity index (χ4v) is 1.20. The van der Waals surface area contributed by atoms with E-state index in [0.29, 0.717) is 6.54 Å². The summed E-state index contributed by atoms with van der Waals surface area (Å²) < 4.78 is 0. The maximum absolute atomic E-state index is 11.5. The summed E-state index contributed by atoms with van der Waals surface area (Å²) in [6.45, 7) is 5.90. The van der Waals surface area contributed by atoms with E-state index in [1.54, 1.807) is 6.92 Å². The number of hydrogen-bond acceptors (Lipinski definition) is 3. The van der Waals surface area contributed by atoms with Crippen molar-refractivity contribution in [2.45, 2.75) is 45.2 Å². The third-order valence-electron chi connectivity index (χ3n) is 2.77. The summed E-state index contributed by atoms with van der Waals surface area (Å²) in [6.07, 6.45) is 1.56. The first-order valence-electron chi connectivity index (χ1n) is 5.47. The molecule has 0 aromatic carbocycles. The van der Waals surface area contributed by atoms with Crippen molar-refractivity contribution in [2.75, 3.05) is 6.54 Å². The molecule has 0 aromatic rings. The van der Waals surface area contributed by atoms with Crippen LogP contribution in [0.3, 0.4) is 0 Å². The number of carbonyl (C=O) groups is 2. The second-order valence-electron chi connectivity index (χ2n) is 4.02. The molecule has 1 atom stereocenters. The molecule has 0 saturated heterocycles. The van der Waals surface area contributed by atoms with Gasteiger partial charge in [-0.3, -0.25) is 4.79 Å². The molecule has 0 aromatic heterocycles. The molecule has 17 heavy (non-hydrogen) atoms. The molecule has 7 heteroatoms. The number of urea groups is 1. The smallest absolute Gasteiger partial charge is 0.312 e. The highest BCUT2D eigenvalue weighted by Crippen LogP contribution is 2.09. The molecule has 0 spiro atoms. The fourth-order valence-electron chi connectivity index (χ4n) is 1.20. The van der Waals surface area contributed by atoms with Crippen LogP contribution in [-0.2, 0) is 4.79 Å². The van der Waals surface area contributed by atoms with E-state index in [4.69, 9.17) is 11.5 Å². The third kappa shape index (κ3) is 7.01. The van der Waals surface area contributed by atoms with Crippen LogP contribution in [0.4, 0.5) is 4.79 Å². The first-order valence-corrected chi connectivity index (χ1v) is 5.47. The zero-order valence-corrected chi connectivity index (χ0v) is 11.4. The minimum absolute atomic E-state index is 0. The van der Waals surface area contributed by atoms with E-state index in [1.807, 2.05) is 13.8 Å². The Labute approximate surface area is 108 Å². The SMILES string of the molecule is CCC(N)(CC)CNC(=O)C(C)NC(N)=O.Cl. The molecule has 3 amide bonds. The van der Waals surface area contributed by atoms with E-state index in [2.05, 4.69) is 10.6 Å². The molecule has 0 aliphatic carbocycles. The van der Waals surface area contributed by atoms with Crippen LogP contribution in [0, 0.1) is 0 Å². The van der Waals surface area contributed by atoms with Gasteiger partial charge in [0.25, 0.3) is 0 Å². The van der Waals surface area contributed by atoms with Crippen molar-refractivity contribution in [2.24, 2.45) is 11.5 Å². The Kier molecular flexibility index (Phi) is 8.79. The standard InChI is InChI=1S/C10H22N4O2.ClH/c1-4-10(12,5-2)6-13-8(15)7(3)14-9(11)16;/h7H,4-6,12H2,1-3H3,(H,13,15)(H3,11,14,16);1H. The molecule has 6 N–H and O–H groups in total. The Morgan fingerprint density at radius 3 is 2.12 bits per heavy atom. The van der Waals surface area contributed by atoms with Crippen LogP contribution in [0.2, 0.25) is 0 Å². The van der Waals surface area contributed by atoms with Crippen LogP contribution in [-0.4, -0.2) is 30.1 Å². The summed E-state index contributed by atoms with van der Waals surface area (Å²) in [5.41, 5.74) is 10.5. The molecular weight excluding hydrogens is 244 g/mol. The number of primary amides is 1. The molecule has 102 valence electrons. The van der Waals surface area contributed by atoms with Crippen molar-refractivity contribution in [3.05, 3.63) is 0 Å². The highest BCUT2D eigenvalue weighted by molar-refractivity contribution is 5.86. The highest BCUT2D eigenvalue weighted by Gasteiger charge is 2.22. The second-order valence-corrected chi connectivity index (χ2v) is 4.02. The largest absolute Gasteiger partial charge is 0.352 e. The lowest BCUT2D eigenvalue weighted by Gasteiger charge is -2.27. The van der Waals surface area contributed by atoms with Gasteiger partial charge in [-0.2, -0.15) is 0 Å². The summed E-state index contributed by atoms with van der Waals surface area (Å²) in [6, 6.07) is -1.36. The van der Waals surface area contributed by atoms with Gasteiger partial charge in [0.1, 0.15) is 6.04 Å². The van der Waals surface area contributed by atoms with Gasteiger partial charge in [-0.05, 0) is 19.8 Å². The average Bonchev–Trinajstić information content (AvgIpc) is 2.24. The van der Waals surface area contributed by atoms with Crippen molar-refractivity contribution < 1.29 is 9.59 Å². The molecule has 0 bridgehead atoms. The van der Waals surface area contributed by atoms with E-state index in [9.17, 15) is 9.59 Å². The van der Waals surface area contributed by atoms with Crippen LogP contribution in [0.15, 0.2) is 0 Å². The predicted octanol–water partition coefficient (Wildman–Crippen LogP) is 0.0987. The van der Waals surface area contributed by atoms with E-state index in [0.717, 1.165) is 12.8 Å². The van der Waals surface area contributed by atoms with E-state index >= 15 is 0 Å². The molecule has 1 unspecified atom stereocenters. The third-order valence-corrected chi connectivity index (χ3v) is 2.77. The van der Waals surface area contributed by atoms with Crippen molar-refractivity contribution >= 4 is 24.3 Å². The summed E-state index contributed by atoms with van der Waals surface area (Å²) in [4.78, 5) is 22.1. The quantitative estimate of drug-likeness (QED) is 0.547. The van der Waals surface area contributed by atoms with Gasteiger partial charge in [0.05, 0.1) is 0 Å². The van der Waals surface area contributed by atoms with E-state index in [1.165, 1.54) is 0 Å². The summed E-state index contributed by atoms with van der Waals surface area (Å²) in [7, 11) is 0. The van der Waals surface area contributed by atoms with Gasteiger partial charge >= 0.3 is 6.03 Å². The number of nitrogens with one attached hydrogen (secondary N) is 2. The normalized spacial score (nSPS) is 12.2. The maximum Gasteiger partial charge on any atom is 0.312 e. The Balaban J connectivity index is 0. The molecule has 0 heterocycles. The van der Waals surface area contributed by atoms with Gasteiger partial charge in [0.2, 0.25) is 5.91 Å². The highest BCUT2D eigenvalue weighted by atomic mass is 35.5. The lowest BCUT2D eigenvalue weighted by atomic mass is 9.94. The van der Waals surface area contributed by atoms with Gasteiger partial charge < -0.3 is 22.1 Å². The molecule has 0 saturated carbocycles. The predicted molar refractivity (Wildman–Crippen MR) is 69.9 cm³/mol. The van der Waals surface area contributed by atoms with Crippen LogP contribution < -0.4 is 22.1 Å². The summed E-state index contributed by atoms with van der Waals surface area (Å²) in [5.74, 6) is -0.282. The zero-order valence-electron chi connectivity index (χ0n) is 10.6. The Morgan fingerprint density at radius 1 is 1.29 bits per heavy atom. The number of amides is 3. The number of hydrogen-bond donors (Lipinski definition) is 4. The van der Waals surface area contributed by atoms with Gasteiger partial charge in [-0.25, -0.2) is 4.79 Å². The average molecular weight is 267 g/mol. The monoisotopic (exact) mass is 266 g/mol. The van der Waals surface area contributed by atoms with Crippen LogP contribution in [0.1, 0.15) is 33.6 Å². The van der Waals surface area contributed by atoms with Gasteiger partial charge in [0.15, 0.2) is 0 Å². The lowest BCUT2D eigenvalue weighted by molar-refractivity contribution is -0.122. The Bertz CT molecular complexity index is 257. The fraction of sp³-hybridized carbons (Fsp3) is 0.800. The first kappa shape index (κ1) is 18.4. The number of carbonyl (C=O) groups excluding carboxylic acids is 2. The maximum atomic E-state index is 11.5. The first-order chi connectivity index (χ1) is 7.34. The van der Waals surface area contributed by atoms with Crippen molar-refractivity contribution in [3.8, 4) is 0 Å². The van der Waals surface area contributed by atoms with Crippen molar-refractivity contribution in [1.29, 1.82) is 0 Å². The van der Waals surface area contributed by atoms with Crippen LogP contribution >= 0.6 is 12.4 Å². The van der Waals surface area contributed by atoms with Gasteiger partial charge in [0, 0.05) is 12.1 Å². The van der Waals surface area contributed by atoms with Crippen LogP contribution in [0.25, 0.3) is 0 Å². The van der Waals surface area contributed by atoms with E-state index in [-0.39, 0.29) is 23.9 Å². The van der Waals surface area contributed by atoms with E-state index < -0.39 is 12.1 Å². The molecule has 0 radical (unpaired) electrons. The topological polar surface area (TPSA) is 110 Å².